The maximum absolute atomic E-state index is 13.9. The number of rotatable bonds is 5. The highest BCUT2D eigenvalue weighted by atomic mass is 19.1. The van der Waals surface area contributed by atoms with Crippen molar-refractivity contribution in [2.45, 2.75) is 26.2 Å². The Morgan fingerprint density at radius 3 is 2.79 bits per heavy atom. The Labute approximate surface area is 137 Å². The molecule has 0 spiro atoms. The molecule has 0 aliphatic carbocycles. The fourth-order valence-electron chi connectivity index (χ4n) is 2.54. The SMILES string of the molecule is CCCCC(=O)Nc1n[nH]c2cc(-c3ccc(F)cc3F)ccc12. The Morgan fingerprint density at radius 2 is 2.04 bits per heavy atom. The van der Waals surface area contributed by atoms with Crippen LogP contribution in [0.5, 0.6) is 0 Å². The molecule has 2 N–H and O–H groups in total. The first kappa shape index (κ1) is 16.1. The fourth-order valence-corrected chi connectivity index (χ4v) is 2.54. The molecule has 2 aromatic carbocycles. The first-order valence-corrected chi connectivity index (χ1v) is 7.82. The third kappa shape index (κ3) is 3.27. The molecule has 1 aromatic heterocycles. The average molecular weight is 329 g/mol. The van der Waals surface area contributed by atoms with Crippen LogP contribution >= 0.6 is 0 Å². The number of carbonyl (C=O) groups excluding carboxylic acids is 1. The van der Waals surface area contributed by atoms with Crippen LogP contribution in [0.25, 0.3) is 22.0 Å². The van der Waals surface area contributed by atoms with Crippen molar-refractivity contribution in [1.29, 1.82) is 0 Å². The number of nitrogens with one attached hydrogen (secondary N) is 2. The molecule has 24 heavy (non-hydrogen) atoms. The summed E-state index contributed by atoms with van der Waals surface area (Å²) in [6, 6.07) is 8.67. The number of anilines is 1. The number of halogens is 2. The second-order valence-corrected chi connectivity index (χ2v) is 5.61. The zero-order chi connectivity index (χ0) is 17.1. The minimum atomic E-state index is -0.623. The minimum Gasteiger partial charge on any atom is -0.309 e. The molecule has 0 saturated heterocycles. The number of hydrogen-bond acceptors (Lipinski definition) is 2. The quantitative estimate of drug-likeness (QED) is 0.716. The third-order valence-corrected chi connectivity index (χ3v) is 3.82. The zero-order valence-corrected chi connectivity index (χ0v) is 13.2. The molecular formula is C18H17F2N3O. The van der Waals surface area contributed by atoms with Crippen LogP contribution in [0.4, 0.5) is 14.6 Å². The van der Waals surface area contributed by atoms with E-state index in [9.17, 15) is 13.6 Å². The van der Waals surface area contributed by atoms with Gasteiger partial charge in [0.15, 0.2) is 5.82 Å². The number of benzene rings is 2. The second-order valence-electron chi connectivity index (χ2n) is 5.61. The highest BCUT2D eigenvalue weighted by Crippen LogP contribution is 2.29. The standard InChI is InChI=1S/C18H17F2N3O/c1-2-3-4-17(24)21-18-14-7-5-11(9-16(14)22-23-18)13-8-6-12(19)10-15(13)20/h5-10H,2-4H2,1H3,(H2,21,22,23,24). The van der Waals surface area contributed by atoms with Crippen molar-refractivity contribution < 1.29 is 13.6 Å². The molecule has 0 radical (unpaired) electrons. The lowest BCUT2D eigenvalue weighted by Gasteiger charge is -2.05. The largest absolute Gasteiger partial charge is 0.309 e. The number of aromatic amines is 1. The summed E-state index contributed by atoms with van der Waals surface area (Å²) in [5.74, 6) is -0.867. The van der Waals surface area contributed by atoms with E-state index in [2.05, 4.69) is 15.5 Å². The molecule has 6 heteroatoms. The second kappa shape index (κ2) is 6.78. The Hall–Kier alpha value is -2.76. The molecule has 0 unspecified atom stereocenters. The number of hydrogen-bond donors (Lipinski definition) is 2. The first-order chi connectivity index (χ1) is 11.6. The van der Waals surface area contributed by atoms with Crippen molar-refractivity contribution in [3.63, 3.8) is 0 Å². The summed E-state index contributed by atoms with van der Waals surface area (Å²) in [6.45, 7) is 2.02. The Bertz CT molecular complexity index is 889. The lowest BCUT2D eigenvalue weighted by molar-refractivity contribution is -0.116. The van der Waals surface area contributed by atoms with E-state index in [1.54, 1.807) is 18.2 Å². The predicted molar refractivity (Wildman–Crippen MR) is 89.6 cm³/mol. The Balaban J connectivity index is 1.89. The van der Waals surface area contributed by atoms with Gasteiger partial charge in [-0.25, -0.2) is 8.78 Å². The summed E-state index contributed by atoms with van der Waals surface area (Å²) < 4.78 is 26.9. The number of unbranched alkanes of at least 4 members (excludes halogenated alkanes) is 1. The first-order valence-electron chi connectivity index (χ1n) is 7.82. The Morgan fingerprint density at radius 1 is 1.21 bits per heavy atom. The van der Waals surface area contributed by atoms with E-state index < -0.39 is 11.6 Å². The van der Waals surface area contributed by atoms with Crippen molar-refractivity contribution in [2.75, 3.05) is 5.32 Å². The number of nitrogens with zero attached hydrogens (tertiary/aromatic N) is 1. The predicted octanol–water partition coefficient (Wildman–Crippen LogP) is 4.64. The molecular weight excluding hydrogens is 312 g/mol. The van der Waals surface area contributed by atoms with Crippen LogP contribution in [0.2, 0.25) is 0 Å². The molecule has 0 aliphatic rings. The highest BCUT2D eigenvalue weighted by Gasteiger charge is 2.12. The molecule has 0 bridgehead atoms. The highest BCUT2D eigenvalue weighted by molar-refractivity contribution is 6.00. The maximum atomic E-state index is 13.9. The molecule has 3 aromatic rings. The number of aromatic nitrogens is 2. The Kier molecular flexibility index (Phi) is 4.55. The van der Waals surface area contributed by atoms with E-state index in [1.807, 2.05) is 6.92 Å². The molecule has 0 aliphatic heterocycles. The van der Waals surface area contributed by atoms with Gasteiger partial charge in [0.1, 0.15) is 11.6 Å². The van der Waals surface area contributed by atoms with Gasteiger partial charge in [0.25, 0.3) is 0 Å². The minimum absolute atomic E-state index is 0.0843. The summed E-state index contributed by atoms with van der Waals surface area (Å²) in [6.07, 6.45) is 2.22. The van der Waals surface area contributed by atoms with Gasteiger partial charge in [0, 0.05) is 23.4 Å². The maximum Gasteiger partial charge on any atom is 0.225 e. The van der Waals surface area contributed by atoms with Crippen LogP contribution in [0.1, 0.15) is 26.2 Å². The van der Waals surface area contributed by atoms with Gasteiger partial charge in [0.05, 0.1) is 5.52 Å². The third-order valence-electron chi connectivity index (χ3n) is 3.82. The molecule has 4 nitrogen and oxygen atoms in total. The summed E-state index contributed by atoms with van der Waals surface area (Å²) in [7, 11) is 0. The molecule has 1 heterocycles. The van der Waals surface area contributed by atoms with E-state index in [0.717, 1.165) is 24.3 Å². The van der Waals surface area contributed by atoms with Gasteiger partial charge < -0.3 is 5.32 Å². The topological polar surface area (TPSA) is 57.8 Å². The van der Waals surface area contributed by atoms with Crippen molar-refractivity contribution in [1.82, 2.24) is 10.2 Å². The van der Waals surface area contributed by atoms with Crippen LogP contribution in [-0.4, -0.2) is 16.1 Å². The van der Waals surface area contributed by atoms with Crippen LogP contribution in [0.3, 0.4) is 0 Å². The van der Waals surface area contributed by atoms with Gasteiger partial charge in [-0.15, -0.1) is 0 Å². The van der Waals surface area contributed by atoms with E-state index in [-0.39, 0.29) is 5.91 Å². The lowest BCUT2D eigenvalue weighted by Crippen LogP contribution is -2.11. The summed E-state index contributed by atoms with van der Waals surface area (Å²) in [4.78, 5) is 11.8. The number of H-pyrrole nitrogens is 1. The summed E-state index contributed by atoms with van der Waals surface area (Å²) >= 11 is 0. The number of fused-ring (bicyclic) bond motifs is 1. The number of carbonyl (C=O) groups is 1. The zero-order valence-electron chi connectivity index (χ0n) is 13.2. The molecule has 1 amide bonds. The van der Waals surface area contributed by atoms with Gasteiger partial charge >= 0.3 is 0 Å². The molecule has 0 atom stereocenters. The van der Waals surface area contributed by atoms with E-state index in [4.69, 9.17) is 0 Å². The number of amides is 1. The summed E-state index contributed by atoms with van der Waals surface area (Å²) in [5.41, 5.74) is 1.58. The van der Waals surface area contributed by atoms with E-state index in [0.29, 0.717) is 28.9 Å². The molecule has 0 fully saturated rings. The van der Waals surface area contributed by atoms with Gasteiger partial charge in [0.2, 0.25) is 5.91 Å². The van der Waals surface area contributed by atoms with Crippen LogP contribution in [0.15, 0.2) is 36.4 Å². The fraction of sp³-hybridized carbons (Fsp3) is 0.222. The lowest BCUT2D eigenvalue weighted by atomic mass is 10.0. The van der Waals surface area contributed by atoms with Crippen LogP contribution in [0, 0.1) is 11.6 Å². The molecule has 124 valence electrons. The normalized spacial score (nSPS) is 11.0. The van der Waals surface area contributed by atoms with Crippen molar-refractivity contribution in [3.05, 3.63) is 48.0 Å². The van der Waals surface area contributed by atoms with Gasteiger partial charge in [-0.1, -0.05) is 19.4 Å². The van der Waals surface area contributed by atoms with Gasteiger partial charge in [-0.3, -0.25) is 9.89 Å². The van der Waals surface area contributed by atoms with E-state index >= 15 is 0 Å². The van der Waals surface area contributed by atoms with Crippen molar-refractivity contribution >= 4 is 22.6 Å². The van der Waals surface area contributed by atoms with Crippen molar-refractivity contribution in [3.8, 4) is 11.1 Å². The van der Waals surface area contributed by atoms with Gasteiger partial charge in [-0.05, 0) is 36.2 Å². The average Bonchev–Trinajstić information content (AvgIpc) is 2.95. The van der Waals surface area contributed by atoms with Crippen LogP contribution < -0.4 is 5.32 Å². The molecule has 3 rings (SSSR count). The molecule has 0 saturated carbocycles. The van der Waals surface area contributed by atoms with Gasteiger partial charge in [-0.2, -0.15) is 5.10 Å². The van der Waals surface area contributed by atoms with Crippen LogP contribution in [-0.2, 0) is 4.79 Å². The smallest absolute Gasteiger partial charge is 0.225 e. The van der Waals surface area contributed by atoms with Crippen molar-refractivity contribution in [2.24, 2.45) is 0 Å². The summed E-state index contributed by atoms with van der Waals surface area (Å²) in [5, 5.41) is 10.4. The van der Waals surface area contributed by atoms with E-state index in [1.165, 1.54) is 12.1 Å². The monoisotopic (exact) mass is 329 g/mol.